The summed E-state index contributed by atoms with van der Waals surface area (Å²) < 4.78 is 0. The smallest absolute Gasteiger partial charge is 0.0159 e. The number of rotatable bonds is 2. The standard InChI is InChI=1S/C40H38/c1-24-12-14-33-34(16-24)37(28-13-15-30-29-8-6-7-11-35(29)39(2,3)36(30)20-28)31-9-4-5-10-32(31)38(33)40-21-25-17-26(22-40)19-27(18-25)23-40/h4-16,20,25-27H,17-19,21-23H2,1-3H3. The summed E-state index contributed by atoms with van der Waals surface area (Å²) in [6, 6.07) is 33.1. The minimum absolute atomic E-state index is 0.00258. The lowest BCUT2D eigenvalue weighted by atomic mass is 9.47. The molecule has 0 unspecified atom stereocenters. The zero-order valence-corrected chi connectivity index (χ0v) is 24.1. The van der Waals surface area contributed by atoms with Crippen LogP contribution in [0.2, 0.25) is 0 Å². The third-order valence-corrected chi connectivity index (χ3v) is 11.6. The molecule has 5 aliphatic rings. The Hall–Kier alpha value is -3.38. The lowest BCUT2D eigenvalue weighted by molar-refractivity contribution is -0.00382. The van der Waals surface area contributed by atoms with Crippen LogP contribution in [-0.4, -0.2) is 0 Å². The SMILES string of the molecule is Cc1ccc2c(C34CC5CC(CC(C5)C3)C4)c3ccccc3c(-c3ccc4c(c3)C(C)(C)c3ccccc3-4)c2c1. The van der Waals surface area contributed by atoms with Crippen LogP contribution in [0, 0.1) is 24.7 Å². The quantitative estimate of drug-likeness (QED) is 0.204. The summed E-state index contributed by atoms with van der Waals surface area (Å²) in [7, 11) is 0. The van der Waals surface area contributed by atoms with Crippen molar-refractivity contribution in [2.45, 2.75) is 70.1 Å². The first-order valence-corrected chi connectivity index (χ1v) is 15.6. The van der Waals surface area contributed by atoms with Gasteiger partial charge in [0.1, 0.15) is 0 Å². The van der Waals surface area contributed by atoms with Gasteiger partial charge in [-0.05, 0) is 135 Å². The van der Waals surface area contributed by atoms with Crippen molar-refractivity contribution in [1.82, 2.24) is 0 Å². The molecule has 0 radical (unpaired) electrons. The van der Waals surface area contributed by atoms with Crippen molar-refractivity contribution in [2.75, 3.05) is 0 Å². The van der Waals surface area contributed by atoms with E-state index in [4.69, 9.17) is 0 Å². The van der Waals surface area contributed by atoms with E-state index in [-0.39, 0.29) is 5.41 Å². The number of fused-ring (bicyclic) bond motifs is 5. The van der Waals surface area contributed by atoms with Crippen molar-refractivity contribution in [3.63, 3.8) is 0 Å². The molecule has 4 bridgehead atoms. The van der Waals surface area contributed by atoms with Crippen molar-refractivity contribution < 1.29 is 0 Å². The van der Waals surface area contributed by atoms with Gasteiger partial charge in [-0.2, -0.15) is 0 Å². The normalized spacial score (nSPS) is 27.3. The average molecular weight is 519 g/mol. The second-order valence-corrected chi connectivity index (χ2v) is 14.5. The summed E-state index contributed by atoms with van der Waals surface area (Å²) >= 11 is 0. The Bertz CT molecular complexity index is 1830. The molecule has 5 aliphatic carbocycles. The van der Waals surface area contributed by atoms with E-state index in [2.05, 4.69) is 106 Å². The Morgan fingerprint density at radius 1 is 0.575 bits per heavy atom. The topological polar surface area (TPSA) is 0 Å². The fourth-order valence-corrected chi connectivity index (χ4v) is 10.5. The summed E-state index contributed by atoms with van der Waals surface area (Å²) in [5.41, 5.74) is 11.9. The first kappa shape index (κ1) is 23.3. The zero-order valence-electron chi connectivity index (χ0n) is 24.1. The zero-order chi connectivity index (χ0) is 26.8. The molecule has 0 nitrogen and oxygen atoms in total. The molecule has 0 aromatic heterocycles. The van der Waals surface area contributed by atoms with Crippen molar-refractivity contribution in [1.29, 1.82) is 0 Å². The fourth-order valence-electron chi connectivity index (χ4n) is 10.5. The molecule has 0 aliphatic heterocycles. The van der Waals surface area contributed by atoms with Gasteiger partial charge in [-0.1, -0.05) is 98.3 Å². The summed E-state index contributed by atoms with van der Waals surface area (Å²) in [4.78, 5) is 0. The lowest BCUT2D eigenvalue weighted by Crippen LogP contribution is -2.48. The molecule has 0 saturated heterocycles. The molecule has 0 atom stereocenters. The van der Waals surface area contributed by atoms with Gasteiger partial charge in [0.2, 0.25) is 0 Å². The van der Waals surface area contributed by atoms with Crippen LogP contribution in [0.3, 0.4) is 0 Å². The highest BCUT2D eigenvalue weighted by atomic mass is 14.6. The Kier molecular flexibility index (Phi) is 4.60. The minimum Gasteiger partial charge on any atom is -0.0619 e. The molecule has 5 aromatic carbocycles. The van der Waals surface area contributed by atoms with Gasteiger partial charge < -0.3 is 0 Å². The largest absolute Gasteiger partial charge is 0.0619 e. The van der Waals surface area contributed by atoms with Crippen LogP contribution >= 0.6 is 0 Å². The highest BCUT2D eigenvalue weighted by Crippen LogP contribution is 2.63. The molecule has 40 heavy (non-hydrogen) atoms. The van der Waals surface area contributed by atoms with E-state index in [0.717, 1.165) is 17.8 Å². The predicted molar refractivity (Wildman–Crippen MR) is 169 cm³/mol. The van der Waals surface area contributed by atoms with Crippen molar-refractivity contribution in [3.05, 3.63) is 107 Å². The van der Waals surface area contributed by atoms with Gasteiger partial charge in [-0.25, -0.2) is 0 Å². The Morgan fingerprint density at radius 2 is 1.20 bits per heavy atom. The van der Waals surface area contributed by atoms with E-state index in [1.165, 1.54) is 99.0 Å². The van der Waals surface area contributed by atoms with Gasteiger partial charge in [0.15, 0.2) is 0 Å². The van der Waals surface area contributed by atoms with Gasteiger partial charge in [0.25, 0.3) is 0 Å². The number of hydrogen-bond acceptors (Lipinski definition) is 0. The Balaban J connectivity index is 1.34. The van der Waals surface area contributed by atoms with Gasteiger partial charge >= 0.3 is 0 Å². The molecule has 0 N–H and O–H groups in total. The maximum Gasteiger partial charge on any atom is 0.0159 e. The van der Waals surface area contributed by atoms with Gasteiger partial charge in [0.05, 0.1) is 0 Å². The highest BCUT2D eigenvalue weighted by Gasteiger charge is 2.52. The summed E-state index contributed by atoms with van der Waals surface area (Å²) in [6.07, 6.45) is 8.66. The van der Waals surface area contributed by atoms with E-state index in [9.17, 15) is 0 Å². The number of benzene rings is 5. The minimum atomic E-state index is 0.00258. The molecule has 5 aromatic rings. The molecule has 10 rings (SSSR count). The van der Waals surface area contributed by atoms with Gasteiger partial charge in [-0.15, -0.1) is 0 Å². The average Bonchev–Trinajstić information content (AvgIpc) is 3.17. The fraction of sp³-hybridized carbons (Fsp3) is 0.350. The Labute approximate surface area is 238 Å². The van der Waals surface area contributed by atoms with E-state index in [0.29, 0.717) is 5.41 Å². The third kappa shape index (κ3) is 3.03. The number of hydrogen-bond donors (Lipinski definition) is 0. The molecule has 0 amide bonds. The molecule has 4 saturated carbocycles. The van der Waals surface area contributed by atoms with Crippen LogP contribution < -0.4 is 0 Å². The van der Waals surface area contributed by atoms with Crippen LogP contribution in [0.5, 0.6) is 0 Å². The first-order chi connectivity index (χ1) is 19.4. The van der Waals surface area contributed by atoms with Gasteiger partial charge in [-0.3, -0.25) is 0 Å². The Morgan fingerprint density at radius 3 is 1.95 bits per heavy atom. The van der Waals surface area contributed by atoms with Crippen LogP contribution in [0.25, 0.3) is 43.8 Å². The van der Waals surface area contributed by atoms with E-state index < -0.39 is 0 Å². The summed E-state index contributed by atoms with van der Waals surface area (Å²) in [5.74, 6) is 2.81. The monoisotopic (exact) mass is 518 g/mol. The van der Waals surface area contributed by atoms with E-state index in [1.807, 2.05) is 0 Å². The predicted octanol–water partition coefficient (Wildman–Crippen LogP) is 10.7. The summed E-state index contributed by atoms with van der Waals surface area (Å²) in [6.45, 7) is 7.07. The van der Waals surface area contributed by atoms with Crippen molar-refractivity contribution in [2.24, 2.45) is 17.8 Å². The summed E-state index contributed by atoms with van der Waals surface area (Å²) in [5, 5.41) is 5.93. The third-order valence-electron chi connectivity index (χ3n) is 11.6. The molecular formula is C40H38. The molecule has 4 fully saturated rings. The van der Waals surface area contributed by atoms with Crippen LogP contribution in [0.1, 0.15) is 74.6 Å². The maximum absolute atomic E-state index is 2.53. The maximum atomic E-state index is 2.53. The second-order valence-electron chi connectivity index (χ2n) is 14.5. The molecular weight excluding hydrogens is 480 g/mol. The lowest BCUT2D eigenvalue weighted by Gasteiger charge is -2.57. The van der Waals surface area contributed by atoms with E-state index >= 15 is 0 Å². The number of aryl methyl sites for hydroxylation is 1. The first-order valence-electron chi connectivity index (χ1n) is 15.6. The van der Waals surface area contributed by atoms with Crippen LogP contribution in [0.15, 0.2) is 84.9 Å². The molecule has 0 heteroatoms. The molecule has 0 spiro atoms. The van der Waals surface area contributed by atoms with Crippen molar-refractivity contribution >= 4 is 21.5 Å². The van der Waals surface area contributed by atoms with Crippen molar-refractivity contribution in [3.8, 4) is 22.3 Å². The van der Waals surface area contributed by atoms with Gasteiger partial charge in [0, 0.05) is 5.41 Å². The molecule has 198 valence electrons. The highest BCUT2D eigenvalue weighted by molar-refractivity contribution is 6.16. The molecule has 0 heterocycles. The van der Waals surface area contributed by atoms with Crippen LogP contribution in [-0.2, 0) is 10.8 Å². The van der Waals surface area contributed by atoms with Crippen LogP contribution in [0.4, 0.5) is 0 Å². The second kappa shape index (κ2) is 7.88. The van der Waals surface area contributed by atoms with E-state index in [1.54, 1.807) is 5.56 Å².